The number of hydrogen-bond donors (Lipinski definition) is 3. The number of carbonyl (C=O) groups excluding carboxylic acids is 1. The van der Waals surface area contributed by atoms with E-state index in [1.807, 2.05) is 36.4 Å². The highest BCUT2D eigenvalue weighted by molar-refractivity contribution is 5.88. The Morgan fingerprint density at radius 3 is 2.23 bits per heavy atom. The van der Waals surface area contributed by atoms with Crippen molar-refractivity contribution in [3.63, 3.8) is 0 Å². The maximum Gasteiger partial charge on any atom is 0.221 e. The zero-order valence-electron chi connectivity index (χ0n) is 18.1. The van der Waals surface area contributed by atoms with E-state index in [2.05, 4.69) is 69.5 Å². The molecule has 0 aliphatic heterocycles. The molecule has 0 fully saturated rings. The molecule has 3 aromatic carbocycles. The summed E-state index contributed by atoms with van der Waals surface area (Å²) in [6.45, 7) is 2.89. The number of rotatable bonds is 8. The van der Waals surface area contributed by atoms with E-state index in [-0.39, 0.29) is 5.91 Å². The van der Waals surface area contributed by atoms with Crippen molar-refractivity contribution < 1.29 is 4.79 Å². The molecule has 3 aromatic rings. The molecule has 0 saturated carbocycles. The molecule has 160 valence electrons. The Kier molecular flexibility index (Phi) is 8.23. The second kappa shape index (κ2) is 11.6. The number of nitrogens with zero attached hydrogens (tertiary/aromatic N) is 1. The summed E-state index contributed by atoms with van der Waals surface area (Å²) in [4.78, 5) is 15.6. The van der Waals surface area contributed by atoms with Crippen molar-refractivity contribution in [1.29, 1.82) is 0 Å². The summed E-state index contributed by atoms with van der Waals surface area (Å²) >= 11 is 0. The molecule has 5 nitrogen and oxygen atoms in total. The topological polar surface area (TPSA) is 65.5 Å². The van der Waals surface area contributed by atoms with Crippen LogP contribution in [0.15, 0.2) is 89.9 Å². The Balaban J connectivity index is 1.61. The van der Waals surface area contributed by atoms with Crippen LogP contribution in [0.5, 0.6) is 0 Å². The number of hydrogen-bond acceptors (Lipinski definition) is 2. The molecule has 5 heteroatoms. The summed E-state index contributed by atoms with van der Waals surface area (Å²) in [6.07, 6.45) is 0.952. The van der Waals surface area contributed by atoms with Gasteiger partial charge in [-0.25, -0.2) is 0 Å². The fourth-order valence-electron chi connectivity index (χ4n) is 3.52. The van der Waals surface area contributed by atoms with Gasteiger partial charge >= 0.3 is 0 Å². The van der Waals surface area contributed by atoms with Crippen molar-refractivity contribution >= 4 is 17.6 Å². The molecule has 0 aromatic heterocycles. The summed E-state index contributed by atoms with van der Waals surface area (Å²) in [5.41, 5.74) is 4.48. The lowest BCUT2D eigenvalue weighted by Crippen LogP contribution is -2.39. The number of aliphatic imine (C=N–C) groups is 1. The average Bonchev–Trinajstić information content (AvgIpc) is 2.79. The molecule has 1 amide bonds. The van der Waals surface area contributed by atoms with Crippen LogP contribution in [0.3, 0.4) is 0 Å². The smallest absolute Gasteiger partial charge is 0.221 e. The van der Waals surface area contributed by atoms with E-state index in [4.69, 9.17) is 0 Å². The van der Waals surface area contributed by atoms with Gasteiger partial charge in [0.25, 0.3) is 0 Å². The fourth-order valence-corrected chi connectivity index (χ4v) is 3.52. The van der Waals surface area contributed by atoms with E-state index < -0.39 is 0 Å². The number of guanidine groups is 1. The first-order chi connectivity index (χ1) is 15.1. The molecule has 0 spiro atoms. The number of nitrogens with one attached hydrogen (secondary N) is 3. The van der Waals surface area contributed by atoms with Gasteiger partial charge < -0.3 is 16.0 Å². The minimum Gasteiger partial charge on any atom is -0.356 e. The normalized spacial score (nSPS) is 12.1. The highest BCUT2D eigenvalue weighted by Crippen LogP contribution is 2.20. The van der Waals surface area contributed by atoms with Crippen LogP contribution < -0.4 is 16.0 Å². The SMILES string of the molecule is CN=C(NCc1cccc(NC(C)=O)c1)NCC(Cc1ccccc1)c1ccccc1. The van der Waals surface area contributed by atoms with Crippen molar-refractivity contribution in [2.24, 2.45) is 4.99 Å². The average molecular weight is 415 g/mol. The Morgan fingerprint density at radius 1 is 0.871 bits per heavy atom. The third-order valence-corrected chi connectivity index (χ3v) is 5.04. The van der Waals surface area contributed by atoms with Crippen molar-refractivity contribution in [1.82, 2.24) is 10.6 Å². The maximum atomic E-state index is 11.3. The standard InChI is InChI=1S/C26H30N4O/c1-20(31)30-25-15-9-12-22(17-25)18-28-26(27-2)29-19-24(23-13-7-4-8-14-23)16-21-10-5-3-6-11-21/h3-15,17,24H,16,18-19H2,1-2H3,(H,30,31)(H2,27,28,29). The monoisotopic (exact) mass is 414 g/mol. The second-order valence-electron chi connectivity index (χ2n) is 7.49. The molecule has 1 atom stereocenters. The second-order valence-corrected chi connectivity index (χ2v) is 7.49. The predicted molar refractivity (Wildman–Crippen MR) is 128 cm³/mol. The lowest BCUT2D eigenvalue weighted by atomic mass is 9.92. The van der Waals surface area contributed by atoms with E-state index in [1.165, 1.54) is 18.1 Å². The largest absolute Gasteiger partial charge is 0.356 e. The Labute approximate surface area is 184 Å². The molecular formula is C26H30N4O. The third-order valence-electron chi connectivity index (χ3n) is 5.04. The molecule has 3 rings (SSSR count). The van der Waals surface area contributed by atoms with Crippen LogP contribution in [-0.2, 0) is 17.8 Å². The molecule has 0 aliphatic carbocycles. The summed E-state index contributed by atoms with van der Waals surface area (Å²) in [5, 5.41) is 9.65. The van der Waals surface area contributed by atoms with Gasteiger partial charge in [-0.3, -0.25) is 9.79 Å². The first kappa shape index (κ1) is 22.1. The minimum absolute atomic E-state index is 0.0760. The zero-order chi connectivity index (χ0) is 21.9. The van der Waals surface area contributed by atoms with Crippen LogP contribution in [0.4, 0.5) is 5.69 Å². The number of carbonyl (C=O) groups is 1. The van der Waals surface area contributed by atoms with Crippen LogP contribution in [0, 0.1) is 0 Å². The van der Waals surface area contributed by atoms with Gasteiger partial charge in [0.1, 0.15) is 0 Å². The van der Waals surface area contributed by atoms with E-state index in [9.17, 15) is 4.79 Å². The Bertz CT molecular complexity index is 987. The zero-order valence-corrected chi connectivity index (χ0v) is 18.1. The Hall–Kier alpha value is -3.60. The molecule has 0 heterocycles. The van der Waals surface area contributed by atoms with Gasteiger partial charge in [-0.2, -0.15) is 0 Å². The number of amides is 1. The van der Waals surface area contributed by atoms with Crippen LogP contribution in [0.2, 0.25) is 0 Å². The molecule has 31 heavy (non-hydrogen) atoms. The summed E-state index contributed by atoms with van der Waals surface area (Å²) in [5.74, 6) is 0.997. The molecule has 1 unspecified atom stereocenters. The first-order valence-corrected chi connectivity index (χ1v) is 10.5. The summed E-state index contributed by atoms with van der Waals surface area (Å²) in [6, 6.07) is 28.9. The third kappa shape index (κ3) is 7.30. The van der Waals surface area contributed by atoms with E-state index in [0.29, 0.717) is 12.5 Å². The van der Waals surface area contributed by atoms with Crippen molar-refractivity contribution in [2.75, 3.05) is 18.9 Å². The maximum absolute atomic E-state index is 11.3. The van der Waals surface area contributed by atoms with Gasteiger partial charge in [0.15, 0.2) is 5.96 Å². The van der Waals surface area contributed by atoms with Gasteiger partial charge in [0.2, 0.25) is 5.91 Å². The summed E-state index contributed by atoms with van der Waals surface area (Å²) in [7, 11) is 1.78. The van der Waals surface area contributed by atoms with E-state index in [1.54, 1.807) is 7.05 Å². The molecule has 3 N–H and O–H groups in total. The van der Waals surface area contributed by atoms with Gasteiger partial charge in [0.05, 0.1) is 0 Å². The van der Waals surface area contributed by atoms with Gasteiger partial charge in [-0.15, -0.1) is 0 Å². The van der Waals surface area contributed by atoms with Gasteiger partial charge in [-0.05, 0) is 35.2 Å². The first-order valence-electron chi connectivity index (χ1n) is 10.5. The lowest BCUT2D eigenvalue weighted by Gasteiger charge is -2.20. The van der Waals surface area contributed by atoms with E-state index in [0.717, 1.165) is 30.2 Å². The Morgan fingerprint density at radius 2 is 1.55 bits per heavy atom. The van der Waals surface area contributed by atoms with Crippen molar-refractivity contribution in [2.45, 2.75) is 25.8 Å². The van der Waals surface area contributed by atoms with Gasteiger partial charge in [0, 0.05) is 38.7 Å². The van der Waals surface area contributed by atoms with Crippen LogP contribution in [0.25, 0.3) is 0 Å². The van der Waals surface area contributed by atoms with Crippen LogP contribution >= 0.6 is 0 Å². The fraction of sp³-hybridized carbons (Fsp3) is 0.231. The lowest BCUT2D eigenvalue weighted by molar-refractivity contribution is -0.114. The van der Waals surface area contributed by atoms with Gasteiger partial charge in [-0.1, -0.05) is 72.8 Å². The van der Waals surface area contributed by atoms with E-state index >= 15 is 0 Å². The molecule has 0 radical (unpaired) electrons. The molecular weight excluding hydrogens is 384 g/mol. The minimum atomic E-state index is -0.0760. The van der Waals surface area contributed by atoms with Crippen molar-refractivity contribution in [3.8, 4) is 0 Å². The predicted octanol–water partition coefficient (Wildman–Crippen LogP) is 4.34. The highest BCUT2D eigenvalue weighted by atomic mass is 16.1. The number of benzene rings is 3. The summed E-state index contributed by atoms with van der Waals surface area (Å²) < 4.78 is 0. The number of anilines is 1. The van der Waals surface area contributed by atoms with Crippen LogP contribution in [0.1, 0.15) is 29.5 Å². The van der Waals surface area contributed by atoms with Crippen LogP contribution in [-0.4, -0.2) is 25.5 Å². The molecule has 0 bridgehead atoms. The molecule has 0 saturated heterocycles. The molecule has 0 aliphatic rings. The highest BCUT2D eigenvalue weighted by Gasteiger charge is 2.13. The quantitative estimate of drug-likeness (QED) is 0.380. The van der Waals surface area contributed by atoms with Crippen molar-refractivity contribution in [3.05, 3.63) is 102 Å².